The van der Waals surface area contributed by atoms with Crippen LogP contribution in [-0.4, -0.2) is 6.54 Å². The Morgan fingerprint density at radius 2 is 2.07 bits per heavy atom. The van der Waals surface area contributed by atoms with Crippen LogP contribution in [0.5, 0.6) is 0 Å². The third-order valence-electron chi connectivity index (χ3n) is 2.33. The monoisotopic (exact) mass is 211 g/mol. The molecule has 0 unspecified atom stereocenters. The van der Waals surface area contributed by atoms with Gasteiger partial charge in [0.1, 0.15) is 5.58 Å². The van der Waals surface area contributed by atoms with Gasteiger partial charge in [-0.25, -0.2) is 8.78 Å². The molecule has 0 spiro atoms. The largest absolute Gasteiger partial charge is 0.464 e. The predicted octanol–water partition coefficient (Wildman–Crippen LogP) is 2.87. The zero-order chi connectivity index (χ0) is 10.9. The van der Waals surface area contributed by atoms with Crippen molar-refractivity contribution in [2.75, 3.05) is 6.54 Å². The zero-order valence-corrected chi connectivity index (χ0v) is 8.04. The van der Waals surface area contributed by atoms with Crippen molar-refractivity contribution in [3.05, 3.63) is 36.1 Å². The van der Waals surface area contributed by atoms with Gasteiger partial charge < -0.3 is 10.2 Å². The summed E-state index contributed by atoms with van der Waals surface area (Å²) in [6.45, 7) is -0.0313. The molecular formula is C11H11F2NO. The minimum absolute atomic E-state index is 0.0122. The fraction of sp³-hybridized carbons (Fsp3) is 0.273. The van der Waals surface area contributed by atoms with Crippen LogP contribution in [0.2, 0.25) is 0 Å². The van der Waals surface area contributed by atoms with Crippen LogP contribution < -0.4 is 5.73 Å². The fourth-order valence-electron chi connectivity index (χ4n) is 1.52. The molecule has 0 fully saturated rings. The van der Waals surface area contributed by atoms with Gasteiger partial charge in [-0.3, -0.25) is 0 Å². The summed E-state index contributed by atoms with van der Waals surface area (Å²) >= 11 is 0. The first-order valence-corrected chi connectivity index (χ1v) is 4.69. The van der Waals surface area contributed by atoms with Crippen molar-refractivity contribution >= 4 is 11.0 Å². The molecule has 0 bridgehead atoms. The van der Waals surface area contributed by atoms with Gasteiger partial charge in [0, 0.05) is 17.4 Å². The molecule has 1 aromatic carbocycles. The summed E-state index contributed by atoms with van der Waals surface area (Å²) in [5.74, 6) is -2.86. The Morgan fingerprint density at radius 1 is 1.27 bits per heavy atom. The molecule has 1 aromatic heterocycles. The number of fused-ring (bicyclic) bond motifs is 1. The topological polar surface area (TPSA) is 39.2 Å². The summed E-state index contributed by atoms with van der Waals surface area (Å²) in [5.41, 5.74) is 5.75. The van der Waals surface area contributed by atoms with E-state index in [1.54, 1.807) is 12.1 Å². The normalized spacial score (nSPS) is 12.2. The minimum Gasteiger partial charge on any atom is -0.464 e. The van der Waals surface area contributed by atoms with Crippen LogP contribution in [0.1, 0.15) is 12.0 Å². The van der Waals surface area contributed by atoms with E-state index in [1.165, 1.54) is 18.4 Å². The molecule has 15 heavy (non-hydrogen) atoms. The highest BCUT2D eigenvalue weighted by molar-refractivity contribution is 5.77. The van der Waals surface area contributed by atoms with Crippen molar-refractivity contribution in [3.63, 3.8) is 0 Å². The van der Waals surface area contributed by atoms with Crippen molar-refractivity contribution in [2.45, 2.75) is 12.3 Å². The number of rotatable bonds is 3. The average Bonchev–Trinajstić information content (AvgIpc) is 2.63. The Labute approximate surface area is 85.7 Å². The van der Waals surface area contributed by atoms with E-state index in [0.29, 0.717) is 11.0 Å². The quantitative estimate of drug-likeness (QED) is 0.847. The number of furan rings is 1. The fourth-order valence-corrected chi connectivity index (χ4v) is 1.52. The van der Waals surface area contributed by atoms with Gasteiger partial charge in [-0.15, -0.1) is 0 Å². The predicted molar refractivity (Wildman–Crippen MR) is 53.8 cm³/mol. The molecule has 2 N–H and O–H groups in total. The van der Waals surface area contributed by atoms with Gasteiger partial charge >= 0.3 is 0 Å². The summed E-state index contributed by atoms with van der Waals surface area (Å²) in [6, 6.07) is 6.03. The van der Waals surface area contributed by atoms with Crippen molar-refractivity contribution in [2.24, 2.45) is 5.73 Å². The molecule has 0 atom stereocenters. The number of halogens is 2. The van der Waals surface area contributed by atoms with Gasteiger partial charge in [-0.2, -0.15) is 0 Å². The molecule has 2 nitrogen and oxygen atoms in total. The van der Waals surface area contributed by atoms with Crippen molar-refractivity contribution in [1.29, 1.82) is 0 Å². The maximum atomic E-state index is 13.5. The van der Waals surface area contributed by atoms with Crippen molar-refractivity contribution in [1.82, 2.24) is 0 Å². The van der Waals surface area contributed by atoms with E-state index in [-0.39, 0.29) is 18.5 Å². The molecule has 0 aliphatic heterocycles. The van der Waals surface area contributed by atoms with Crippen LogP contribution in [0, 0.1) is 0 Å². The molecule has 80 valence electrons. The van der Waals surface area contributed by atoms with Gasteiger partial charge in [-0.1, -0.05) is 0 Å². The van der Waals surface area contributed by atoms with Crippen molar-refractivity contribution < 1.29 is 13.2 Å². The van der Waals surface area contributed by atoms with E-state index in [4.69, 9.17) is 10.2 Å². The summed E-state index contributed by atoms with van der Waals surface area (Å²) in [5, 5.41) is 0.684. The lowest BCUT2D eigenvalue weighted by atomic mass is 10.0. The first kappa shape index (κ1) is 10.1. The van der Waals surface area contributed by atoms with E-state index in [1.807, 2.05) is 0 Å². The lowest BCUT2D eigenvalue weighted by Gasteiger charge is -2.15. The van der Waals surface area contributed by atoms with Gasteiger partial charge in [0.2, 0.25) is 0 Å². The maximum absolute atomic E-state index is 13.5. The molecule has 0 saturated heterocycles. The Kier molecular flexibility index (Phi) is 2.44. The number of nitrogens with two attached hydrogens (primary N) is 1. The summed E-state index contributed by atoms with van der Waals surface area (Å²) < 4.78 is 32.0. The molecule has 0 saturated carbocycles. The van der Waals surface area contributed by atoms with E-state index in [9.17, 15) is 8.78 Å². The average molecular weight is 211 g/mol. The van der Waals surface area contributed by atoms with E-state index < -0.39 is 5.92 Å². The van der Waals surface area contributed by atoms with E-state index >= 15 is 0 Å². The third-order valence-corrected chi connectivity index (χ3v) is 2.33. The zero-order valence-electron chi connectivity index (χ0n) is 8.04. The van der Waals surface area contributed by atoms with Crippen LogP contribution in [0.15, 0.2) is 34.9 Å². The summed E-state index contributed by atoms with van der Waals surface area (Å²) in [7, 11) is 0. The maximum Gasteiger partial charge on any atom is 0.274 e. The van der Waals surface area contributed by atoms with Crippen molar-refractivity contribution in [3.8, 4) is 0 Å². The second-order valence-corrected chi connectivity index (χ2v) is 3.42. The molecule has 4 heteroatoms. The Balaban J connectivity index is 2.42. The Bertz CT molecular complexity index is 464. The second kappa shape index (κ2) is 3.62. The molecule has 0 aliphatic carbocycles. The lowest BCUT2D eigenvalue weighted by molar-refractivity contribution is -0.0105. The van der Waals surface area contributed by atoms with Gasteiger partial charge in [0.25, 0.3) is 5.92 Å². The van der Waals surface area contributed by atoms with E-state index in [2.05, 4.69) is 0 Å². The minimum atomic E-state index is -2.86. The number of alkyl halides is 2. The summed E-state index contributed by atoms with van der Waals surface area (Å²) in [6.07, 6.45) is 1.14. The highest BCUT2D eigenvalue weighted by Gasteiger charge is 2.30. The number of benzene rings is 1. The van der Waals surface area contributed by atoms with Crippen LogP contribution in [0.3, 0.4) is 0 Å². The van der Waals surface area contributed by atoms with E-state index in [0.717, 1.165) is 0 Å². The van der Waals surface area contributed by atoms with Crippen LogP contribution in [0.25, 0.3) is 11.0 Å². The lowest BCUT2D eigenvalue weighted by Crippen LogP contribution is -2.18. The first-order valence-electron chi connectivity index (χ1n) is 4.69. The molecule has 1 heterocycles. The highest BCUT2D eigenvalue weighted by atomic mass is 19.3. The second-order valence-electron chi connectivity index (χ2n) is 3.42. The highest BCUT2D eigenvalue weighted by Crippen LogP contribution is 2.33. The van der Waals surface area contributed by atoms with Crippen LogP contribution in [-0.2, 0) is 5.92 Å². The smallest absolute Gasteiger partial charge is 0.274 e. The number of hydrogen-bond donors (Lipinski definition) is 1. The van der Waals surface area contributed by atoms with Crippen LogP contribution >= 0.6 is 0 Å². The Hall–Kier alpha value is -1.42. The number of hydrogen-bond acceptors (Lipinski definition) is 2. The molecule has 0 radical (unpaired) electrons. The molecule has 2 aromatic rings. The summed E-state index contributed by atoms with van der Waals surface area (Å²) in [4.78, 5) is 0. The third kappa shape index (κ3) is 1.85. The van der Waals surface area contributed by atoms with Gasteiger partial charge in [0.15, 0.2) is 0 Å². The van der Waals surface area contributed by atoms with Crippen LogP contribution in [0.4, 0.5) is 8.78 Å². The molecule has 0 aliphatic rings. The van der Waals surface area contributed by atoms with Gasteiger partial charge in [-0.05, 0) is 30.8 Å². The molecule has 0 amide bonds. The Morgan fingerprint density at radius 3 is 2.80 bits per heavy atom. The SMILES string of the molecule is NCCC(F)(F)c1ccc2occc2c1. The molecule has 2 rings (SSSR count). The first-order chi connectivity index (χ1) is 7.13. The van der Waals surface area contributed by atoms with Gasteiger partial charge in [0.05, 0.1) is 6.26 Å². The molecular weight excluding hydrogens is 200 g/mol. The standard InChI is InChI=1S/C11H11F2NO/c12-11(13,4-5-14)9-1-2-10-8(7-9)3-6-15-10/h1-3,6-7H,4-5,14H2.